The van der Waals surface area contributed by atoms with Crippen molar-refractivity contribution in [3.8, 4) is 6.07 Å². The van der Waals surface area contributed by atoms with E-state index in [-0.39, 0.29) is 5.91 Å². The molecule has 2 rings (SSSR count). The highest BCUT2D eigenvalue weighted by Gasteiger charge is 2.32. The lowest BCUT2D eigenvalue weighted by Gasteiger charge is -2.33. The minimum absolute atomic E-state index is 0.160. The van der Waals surface area contributed by atoms with E-state index in [4.69, 9.17) is 10.00 Å². The Labute approximate surface area is 136 Å². The Hall–Kier alpha value is -2.55. The summed E-state index contributed by atoms with van der Waals surface area (Å²) >= 11 is 0. The van der Waals surface area contributed by atoms with Gasteiger partial charge in [0.05, 0.1) is 11.6 Å². The normalized spacial score (nSPS) is 18.3. The molecule has 1 saturated heterocycles. The van der Waals surface area contributed by atoms with Gasteiger partial charge in [-0.15, -0.1) is 0 Å². The summed E-state index contributed by atoms with van der Waals surface area (Å²) in [6.07, 6.45) is 0.786. The molecule has 0 saturated carbocycles. The SMILES string of the molecule is CC(C)(C)OC(=O)NC1CCCN(c2ccc(C#N)cc2)C1=O. The zero-order valence-corrected chi connectivity index (χ0v) is 13.6. The van der Waals surface area contributed by atoms with E-state index in [1.54, 1.807) is 49.9 Å². The molecule has 6 heteroatoms. The highest BCUT2D eigenvalue weighted by Crippen LogP contribution is 2.22. The van der Waals surface area contributed by atoms with Crippen LogP contribution in [0, 0.1) is 11.3 Å². The van der Waals surface area contributed by atoms with Crippen LogP contribution in [0.25, 0.3) is 0 Å². The second-order valence-electron chi connectivity index (χ2n) is 6.49. The van der Waals surface area contributed by atoms with E-state index >= 15 is 0 Å². The number of ether oxygens (including phenoxy) is 1. The zero-order valence-electron chi connectivity index (χ0n) is 13.6. The highest BCUT2D eigenvalue weighted by molar-refractivity contribution is 5.99. The Bertz CT molecular complexity index is 626. The second-order valence-corrected chi connectivity index (χ2v) is 6.49. The van der Waals surface area contributed by atoms with Crippen molar-refractivity contribution in [2.45, 2.75) is 45.3 Å². The number of hydrogen-bond acceptors (Lipinski definition) is 4. The van der Waals surface area contributed by atoms with Crippen LogP contribution in [0.1, 0.15) is 39.2 Å². The molecule has 0 aliphatic carbocycles. The van der Waals surface area contributed by atoms with Crippen LogP contribution in [0.15, 0.2) is 24.3 Å². The number of anilines is 1. The number of rotatable bonds is 2. The number of carbonyl (C=O) groups is 2. The van der Waals surface area contributed by atoms with Gasteiger partial charge in [0.15, 0.2) is 0 Å². The van der Waals surface area contributed by atoms with E-state index in [0.717, 1.165) is 12.1 Å². The van der Waals surface area contributed by atoms with Crippen LogP contribution in [0.4, 0.5) is 10.5 Å². The number of hydrogen-bond donors (Lipinski definition) is 1. The smallest absolute Gasteiger partial charge is 0.408 e. The largest absolute Gasteiger partial charge is 0.444 e. The van der Waals surface area contributed by atoms with Gasteiger partial charge in [0.25, 0.3) is 0 Å². The molecule has 0 bridgehead atoms. The van der Waals surface area contributed by atoms with Crippen molar-refractivity contribution >= 4 is 17.7 Å². The molecular weight excluding hydrogens is 294 g/mol. The maximum absolute atomic E-state index is 12.6. The number of alkyl carbamates (subject to hydrolysis) is 1. The van der Waals surface area contributed by atoms with E-state index in [0.29, 0.717) is 18.5 Å². The topological polar surface area (TPSA) is 82.4 Å². The molecule has 1 aliphatic heterocycles. The van der Waals surface area contributed by atoms with Gasteiger partial charge in [0.1, 0.15) is 11.6 Å². The Balaban J connectivity index is 2.05. The van der Waals surface area contributed by atoms with Crippen molar-refractivity contribution < 1.29 is 14.3 Å². The molecule has 0 spiro atoms. The molecule has 0 aromatic heterocycles. The van der Waals surface area contributed by atoms with E-state index in [1.807, 2.05) is 6.07 Å². The van der Waals surface area contributed by atoms with Crippen LogP contribution >= 0.6 is 0 Å². The summed E-state index contributed by atoms with van der Waals surface area (Å²) in [7, 11) is 0. The molecule has 2 amide bonds. The molecule has 1 fully saturated rings. The number of nitrogens with zero attached hydrogens (tertiary/aromatic N) is 2. The molecule has 1 aromatic rings. The lowest BCUT2D eigenvalue weighted by molar-refractivity contribution is -0.121. The fraction of sp³-hybridized carbons (Fsp3) is 0.471. The quantitative estimate of drug-likeness (QED) is 0.909. The molecule has 1 aliphatic rings. The fourth-order valence-corrected chi connectivity index (χ4v) is 2.43. The highest BCUT2D eigenvalue weighted by atomic mass is 16.6. The zero-order chi connectivity index (χ0) is 17.0. The third-order valence-corrected chi connectivity index (χ3v) is 3.44. The predicted molar refractivity (Wildman–Crippen MR) is 85.9 cm³/mol. The number of nitrogens with one attached hydrogen (secondary N) is 1. The molecule has 122 valence electrons. The van der Waals surface area contributed by atoms with E-state index < -0.39 is 17.7 Å². The second kappa shape index (κ2) is 6.69. The fourth-order valence-electron chi connectivity index (χ4n) is 2.43. The number of benzene rings is 1. The lowest BCUT2D eigenvalue weighted by atomic mass is 10.0. The molecule has 23 heavy (non-hydrogen) atoms. The van der Waals surface area contributed by atoms with E-state index in [1.165, 1.54) is 0 Å². The van der Waals surface area contributed by atoms with Gasteiger partial charge in [-0.25, -0.2) is 4.79 Å². The van der Waals surface area contributed by atoms with Crippen molar-refractivity contribution in [1.82, 2.24) is 5.32 Å². The van der Waals surface area contributed by atoms with Crippen molar-refractivity contribution in [1.29, 1.82) is 5.26 Å². The minimum Gasteiger partial charge on any atom is -0.444 e. The van der Waals surface area contributed by atoms with Gasteiger partial charge < -0.3 is 15.0 Å². The third kappa shape index (κ3) is 4.46. The Morgan fingerprint density at radius 3 is 2.57 bits per heavy atom. The summed E-state index contributed by atoms with van der Waals surface area (Å²) < 4.78 is 5.20. The minimum atomic E-state index is -0.603. The van der Waals surface area contributed by atoms with E-state index in [9.17, 15) is 9.59 Å². The molecule has 1 aromatic carbocycles. The van der Waals surface area contributed by atoms with Crippen LogP contribution in [0.5, 0.6) is 0 Å². The van der Waals surface area contributed by atoms with Crippen molar-refractivity contribution in [2.24, 2.45) is 0 Å². The van der Waals surface area contributed by atoms with Gasteiger partial charge in [-0.3, -0.25) is 4.79 Å². The van der Waals surface area contributed by atoms with Gasteiger partial charge in [0.2, 0.25) is 5.91 Å². The molecule has 6 nitrogen and oxygen atoms in total. The summed E-state index contributed by atoms with van der Waals surface area (Å²) in [4.78, 5) is 26.1. The van der Waals surface area contributed by atoms with Gasteiger partial charge in [-0.05, 0) is 57.9 Å². The predicted octanol–water partition coefficient (Wildman–Crippen LogP) is 2.58. The maximum atomic E-state index is 12.6. The first-order valence-electron chi connectivity index (χ1n) is 7.61. The Kier molecular flexibility index (Phi) is 4.89. The van der Waals surface area contributed by atoms with Crippen LogP contribution in [0.2, 0.25) is 0 Å². The summed E-state index contributed by atoms with van der Waals surface area (Å²) in [5.74, 6) is -0.160. The van der Waals surface area contributed by atoms with Crippen LogP contribution in [0.3, 0.4) is 0 Å². The first kappa shape index (κ1) is 16.8. The van der Waals surface area contributed by atoms with Gasteiger partial charge in [-0.2, -0.15) is 5.26 Å². The molecule has 0 radical (unpaired) electrons. The third-order valence-electron chi connectivity index (χ3n) is 3.44. The first-order valence-corrected chi connectivity index (χ1v) is 7.61. The molecular formula is C17H21N3O3. The summed E-state index contributed by atoms with van der Waals surface area (Å²) in [6, 6.07) is 8.29. The molecule has 1 unspecified atom stereocenters. The molecule has 1 heterocycles. The van der Waals surface area contributed by atoms with Crippen LogP contribution in [-0.4, -0.2) is 30.2 Å². The summed E-state index contributed by atoms with van der Waals surface area (Å²) in [5, 5.41) is 11.5. The molecule has 1 atom stereocenters. The van der Waals surface area contributed by atoms with Crippen LogP contribution in [-0.2, 0) is 9.53 Å². The number of amides is 2. The number of nitriles is 1. The average molecular weight is 315 g/mol. The summed E-state index contributed by atoms with van der Waals surface area (Å²) in [6.45, 7) is 5.92. The van der Waals surface area contributed by atoms with Gasteiger partial charge in [0, 0.05) is 12.2 Å². The van der Waals surface area contributed by atoms with Crippen LogP contribution < -0.4 is 10.2 Å². The van der Waals surface area contributed by atoms with Gasteiger partial charge in [-0.1, -0.05) is 0 Å². The Morgan fingerprint density at radius 1 is 1.35 bits per heavy atom. The Morgan fingerprint density at radius 2 is 2.00 bits per heavy atom. The van der Waals surface area contributed by atoms with E-state index in [2.05, 4.69) is 5.32 Å². The maximum Gasteiger partial charge on any atom is 0.408 e. The first-order chi connectivity index (χ1) is 10.8. The van der Waals surface area contributed by atoms with Crippen molar-refractivity contribution in [3.05, 3.63) is 29.8 Å². The standard InChI is InChI=1S/C17H21N3O3/c1-17(2,3)23-16(22)19-14-5-4-10-20(15(14)21)13-8-6-12(11-18)7-9-13/h6-9,14H,4-5,10H2,1-3H3,(H,19,22). The average Bonchev–Trinajstić information content (AvgIpc) is 2.48. The molecule has 1 N–H and O–H groups in total. The van der Waals surface area contributed by atoms with Gasteiger partial charge >= 0.3 is 6.09 Å². The number of piperidine rings is 1. The summed E-state index contributed by atoms with van der Waals surface area (Å²) in [5.41, 5.74) is 0.667. The number of carbonyl (C=O) groups excluding carboxylic acids is 2. The van der Waals surface area contributed by atoms with Crippen molar-refractivity contribution in [3.63, 3.8) is 0 Å². The van der Waals surface area contributed by atoms with Crippen molar-refractivity contribution in [2.75, 3.05) is 11.4 Å². The lowest BCUT2D eigenvalue weighted by Crippen LogP contribution is -2.53. The monoisotopic (exact) mass is 315 g/mol.